The highest BCUT2D eigenvalue weighted by Gasteiger charge is 2.11. The molecule has 0 aliphatic carbocycles. The highest BCUT2D eigenvalue weighted by Crippen LogP contribution is 2.14. The molecule has 0 amide bonds. The molecule has 10 heavy (non-hydrogen) atoms. The van der Waals surface area contributed by atoms with Crippen molar-refractivity contribution in [3.05, 3.63) is 11.7 Å². The van der Waals surface area contributed by atoms with Crippen LogP contribution in [0, 0.1) is 0 Å². The predicted molar refractivity (Wildman–Crippen MR) is 35.8 cm³/mol. The lowest BCUT2D eigenvalue weighted by molar-refractivity contribution is 0.166. The van der Waals surface area contributed by atoms with Crippen molar-refractivity contribution >= 4 is 0 Å². The van der Waals surface area contributed by atoms with Gasteiger partial charge in [0.15, 0.2) is 5.83 Å². The second-order valence-corrected chi connectivity index (χ2v) is 2.19. The van der Waals surface area contributed by atoms with E-state index in [1.165, 1.54) is 0 Å². The van der Waals surface area contributed by atoms with Gasteiger partial charge in [0.1, 0.15) is 11.9 Å². The SMILES string of the molecule is CCCC(O)/C(F)=C(/C)F. The van der Waals surface area contributed by atoms with Crippen LogP contribution >= 0.6 is 0 Å². The Bertz CT molecular complexity index is 128. The lowest BCUT2D eigenvalue weighted by Gasteiger charge is -2.05. The summed E-state index contributed by atoms with van der Waals surface area (Å²) in [6.07, 6.45) is -0.343. The van der Waals surface area contributed by atoms with Gasteiger partial charge in [0, 0.05) is 0 Å². The van der Waals surface area contributed by atoms with E-state index in [0.29, 0.717) is 6.42 Å². The van der Waals surface area contributed by atoms with Gasteiger partial charge in [0.05, 0.1) is 0 Å². The third-order valence-electron chi connectivity index (χ3n) is 1.18. The quantitative estimate of drug-likeness (QED) is 0.654. The minimum Gasteiger partial charge on any atom is -0.386 e. The van der Waals surface area contributed by atoms with Gasteiger partial charge in [0.25, 0.3) is 0 Å². The Morgan fingerprint density at radius 2 is 2.00 bits per heavy atom. The van der Waals surface area contributed by atoms with E-state index in [1.807, 2.05) is 0 Å². The zero-order valence-corrected chi connectivity index (χ0v) is 6.19. The lowest BCUT2D eigenvalue weighted by atomic mass is 10.2. The summed E-state index contributed by atoms with van der Waals surface area (Å²) in [5, 5.41) is 8.82. The van der Waals surface area contributed by atoms with Crippen LogP contribution in [0.4, 0.5) is 8.78 Å². The topological polar surface area (TPSA) is 20.2 Å². The van der Waals surface area contributed by atoms with E-state index >= 15 is 0 Å². The van der Waals surface area contributed by atoms with Crippen LogP contribution in [-0.4, -0.2) is 11.2 Å². The maximum atomic E-state index is 12.4. The number of aliphatic hydroxyl groups is 1. The van der Waals surface area contributed by atoms with Gasteiger partial charge in [0.2, 0.25) is 0 Å². The first kappa shape index (κ1) is 9.56. The van der Waals surface area contributed by atoms with Crippen LogP contribution in [0.5, 0.6) is 0 Å². The summed E-state index contributed by atoms with van der Waals surface area (Å²) in [5.41, 5.74) is 0. The van der Waals surface area contributed by atoms with E-state index < -0.39 is 17.8 Å². The van der Waals surface area contributed by atoms with Gasteiger partial charge in [-0.3, -0.25) is 0 Å². The molecule has 0 radical (unpaired) electrons. The summed E-state index contributed by atoms with van der Waals surface area (Å²) in [7, 11) is 0. The van der Waals surface area contributed by atoms with Crippen LogP contribution in [0.25, 0.3) is 0 Å². The van der Waals surface area contributed by atoms with E-state index in [1.54, 1.807) is 6.92 Å². The van der Waals surface area contributed by atoms with Crippen LogP contribution in [0.15, 0.2) is 11.7 Å². The third-order valence-corrected chi connectivity index (χ3v) is 1.18. The number of halogens is 2. The van der Waals surface area contributed by atoms with Gasteiger partial charge in [-0.05, 0) is 13.3 Å². The molecule has 0 saturated heterocycles. The summed E-state index contributed by atoms with van der Waals surface area (Å²) in [6, 6.07) is 0. The van der Waals surface area contributed by atoms with Crippen molar-refractivity contribution in [3.8, 4) is 0 Å². The minimum atomic E-state index is -1.25. The molecule has 0 rings (SSSR count). The predicted octanol–water partition coefficient (Wildman–Crippen LogP) is 2.32. The van der Waals surface area contributed by atoms with E-state index in [9.17, 15) is 8.78 Å². The first-order chi connectivity index (χ1) is 4.59. The van der Waals surface area contributed by atoms with Gasteiger partial charge in [-0.1, -0.05) is 13.3 Å². The molecule has 1 N–H and O–H groups in total. The fraction of sp³-hybridized carbons (Fsp3) is 0.714. The monoisotopic (exact) mass is 150 g/mol. The summed E-state index contributed by atoms with van der Waals surface area (Å²) in [6.45, 7) is 2.79. The largest absolute Gasteiger partial charge is 0.386 e. The molecular weight excluding hydrogens is 138 g/mol. The first-order valence-electron chi connectivity index (χ1n) is 3.29. The molecule has 1 atom stereocenters. The Balaban J connectivity index is 3.94. The second kappa shape index (κ2) is 4.39. The average molecular weight is 150 g/mol. The Labute approximate surface area is 59.4 Å². The van der Waals surface area contributed by atoms with E-state index in [0.717, 1.165) is 6.92 Å². The van der Waals surface area contributed by atoms with E-state index in [2.05, 4.69) is 0 Å². The molecule has 3 heteroatoms. The molecule has 0 bridgehead atoms. The standard InChI is InChI=1S/C7H12F2O/c1-3-4-6(10)7(9)5(2)8/h6,10H,3-4H2,1-2H3/b7-5+. The molecule has 0 spiro atoms. The van der Waals surface area contributed by atoms with E-state index in [4.69, 9.17) is 5.11 Å². The molecule has 0 aromatic carbocycles. The molecular formula is C7H12F2O. The Kier molecular flexibility index (Phi) is 4.19. The van der Waals surface area contributed by atoms with Crippen molar-refractivity contribution in [2.75, 3.05) is 0 Å². The molecule has 0 heterocycles. The molecule has 0 fully saturated rings. The Morgan fingerprint density at radius 3 is 2.30 bits per heavy atom. The summed E-state index contributed by atoms with van der Waals surface area (Å²) in [5.74, 6) is -1.97. The molecule has 0 aromatic rings. The van der Waals surface area contributed by atoms with Crippen molar-refractivity contribution in [3.63, 3.8) is 0 Å². The zero-order valence-electron chi connectivity index (χ0n) is 6.19. The number of rotatable bonds is 3. The van der Waals surface area contributed by atoms with Gasteiger partial charge in [-0.2, -0.15) is 0 Å². The van der Waals surface area contributed by atoms with Crippen LogP contribution in [0.1, 0.15) is 26.7 Å². The van der Waals surface area contributed by atoms with Crippen LogP contribution in [0.3, 0.4) is 0 Å². The van der Waals surface area contributed by atoms with Crippen LogP contribution in [0.2, 0.25) is 0 Å². The molecule has 0 saturated carbocycles. The van der Waals surface area contributed by atoms with Crippen molar-refractivity contribution in [1.29, 1.82) is 0 Å². The number of aliphatic hydroxyl groups excluding tert-OH is 1. The molecule has 60 valence electrons. The average Bonchev–Trinajstić information content (AvgIpc) is 1.87. The zero-order chi connectivity index (χ0) is 8.15. The summed E-state index contributed by atoms with van der Waals surface area (Å²) >= 11 is 0. The fourth-order valence-corrected chi connectivity index (χ4v) is 0.630. The van der Waals surface area contributed by atoms with Crippen molar-refractivity contribution in [2.45, 2.75) is 32.8 Å². The maximum Gasteiger partial charge on any atom is 0.159 e. The molecule has 1 nitrogen and oxygen atoms in total. The second-order valence-electron chi connectivity index (χ2n) is 2.19. The third kappa shape index (κ3) is 2.92. The summed E-state index contributed by atoms with van der Waals surface area (Å²) in [4.78, 5) is 0. The highest BCUT2D eigenvalue weighted by molar-refractivity contribution is 5.01. The minimum absolute atomic E-state index is 0.271. The van der Waals surface area contributed by atoms with Gasteiger partial charge < -0.3 is 5.11 Å². The van der Waals surface area contributed by atoms with Crippen molar-refractivity contribution < 1.29 is 13.9 Å². The molecule has 1 unspecified atom stereocenters. The van der Waals surface area contributed by atoms with Gasteiger partial charge >= 0.3 is 0 Å². The first-order valence-corrected chi connectivity index (χ1v) is 3.29. The van der Waals surface area contributed by atoms with Crippen LogP contribution < -0.4 is 0 Å². The normalized spacial score (nSPS) is 16.5. The van der Waals surface area contributed by atoms with Crippen molar-refractivity contribution in [2.24, 2.45) is 0 Å². The summed E-state index contributed by atoms with van der Waals surface area (Å²) < 4.78 is 24.4. The number of hydrogen-bond donors (Lipinski definition) is 1. The van der Waals surface area contributed by atoms with Crippen LogP contribution in [-0.2, 0) is 0 Å². The smallest absolute Gasteiger partial charge is 0.159 e. The number of allylic oxidation sites excluding steroid dienone is 1. The lowest BCUT2D eigenvalue weighted by Crippen LogP contribution is -2.06. The van der Waals surface area contributed by atoms with Gasteiger partial charge in [-0.15, -0.1) is 0 Å². The maximum absolute atomic E-state index is 12.4. The molecule has 0 aliphatic heterocycles. The number of hydrogen-bond acceptors (Lipinski definition) is 1. The molecule has 0 aromatic heterocycles. The van der Waals surface area contributed by atoms with Crippen molar-refractivity contribution in [1.82, 2.24) is 0 Å². The fourth-order valence-electron chi connectivity index (χ4n) is 0.630. The Morgan fingerprint density at radius 1 is 1.50 bits per heavy atom. The Hall–Kier alpha value is -0.440. The highest BCUT2D eigenvalue weighted by atomic mass is 19.2. The van der Waals surface area contributed by atoms with Gasteiger partial charge in [-0.25, -0.2) is 8.78 Å². The van der Waals surface area contributed by atoms with E-state index in [-0.39, 0.29) is 6.42 Å². The molecule has 0 aliphatic rings.